The Kier molecular flexibility index (Phi) is 4.30. The molecule has 7 nitrogen and oxygen atoms in total. The van der Waals surface area contributed by atoms with Crippen molar-refractivity contribution < 1.29 is 9.59 Å². The normalized spacial score (nSPS) is 10.8. The maximum Gasteiger partial charge on any atom is 0.274 e. The first kappa shape index (κ1) is 15.5. The van der Waals surface area contributed by atoms with Gasteiger partial charge in [-0.2, -0.15) is 0 Å². The minimum atomic E-state index is -0.433. The number of anilines is 1. The molecule has 0 aliphatic rings. The number of amides is 2. The predicted molar refractivity (Wildman–Crippen MR) is 90.4 cm³/mol. The minimum absolute atomic E-state index is 0.0342. The molecule has 0 unspecified atom stereocenters. The van der Waals surface area contributed by atoms with E-state index in [9.17, 15) is 9.59 Å². The van der Waals surface area contributed by atoms with Gasteiger partial charge in [0.15, 0.2) is 5.16 Å². The van der Waals surface area contributed by atoms with E-state index in [1.807, 2.05) is 11.4 Å². The summed E-state index contributed by atoms with van der Waals surface area (Å²) in [5, 5.41) is 5.44. The molecule has 3 rings (SSSR count). The van der Waals surface area contributed by atoms with Gasteiger partial charge in [-0.25, -0.2) is 9.97 Å². The lowest BCUT2D eigenvalue weighted by Crippen LogP contribution is -2.33. The largest absolute Gasteiger partial charge is 0.383 e. The molecule has 0 saturated carbocycles. The first-order chi connectivity index (χ1) is 11.0. The molecule has 2 amide bonds. The van der Waals surface area contributed by atoms with Gasteiger partial charge in [0.25, 0.3) is 5.91 Å². The molecule has 0 saturated heterocycles. The van der Waals surface area contributed by atoms with E-state index in [-0.39, 0.29) is 5.75 Å². The average molecular weight is 347 g/mol. The van der Waals surface area contributed by atoms with E-state index >= 15 is 0 Å². The van der Waals surface area contributed by atoms with Crippen LogP contribution in [0.3, 0.4) is 0 Å². The number of rotatable bonds is 4. The molecule has 0 spiro atoms. The molecule has 0 aromatic carbocycles. The van der Waals surface area contributed by atoms with Crippen LogP contribution in [0.5, 0.6) is 0 Å². The predicted octanol–water partition coefficient (Wildman–Crippen LogP) is 1.66. The van der Waals surface area contributed by atoms with E-state index < -0.39 is 11.8 Å². The van der Waals surface area contributed by atoms with Crippen molar-refractivity contribution in [1.82, 2.24) is 19.9 Å². The van der Waals surface area contributed by atoms with Crippen LogP contribution in [0.1, 0.15) is 10.5 Å². The van der Waals surface area contributed by atoms with E-state index in [0.717, 1.165) is 22.0 Å². The maximum absolute atomic E-state index is 11.9. The van der Waals surface area contributed by atoms with E-state index in [0.29, 0.717) is 16.7 Å². The highest BCUT2D eigenvalue weighted by molar-refractivity contribution is 7.99. The van der Waals surface area contributed by atoms with Crippen molar-refractivity contribution >= 4 is 50.9 Å². The van der Waals surface area contributed by atoms with Crippen LogP contribution in [0.15, 0.2) is 34.9 Å². The van der Waals surface area contributed by atoms with Gasteiger partial charge >= 0.3 is 0 Å². The molecule has 118 valence electrons. The molecule has 3 N–H and O–H groups in total. The fourth-order valence-corrected chi connectivity index (χ4v) is 3.46. The molecule has 0 radical (unpaired) electrons. The molecule has 0 atom stereocenters. The number of carbonyl (C=O) groups excluding carboxylic acids is 2. The summed E-state index contributed by atoms with van der Waals surface area (Å²) in [5.74, 6) is -0.419. The van der Waals surface area contributed by atoms with Gasteiger partial charge in [0.2, 0.25) is 5.91 Å². The summed E-state index contributed by atoms with van der Waals surface area (Å²) in [4.78, 5) is 33.1. The highest BCUT2D eigenvalue weighted by Crippen LogP contribution is 2.26. The molecule has 0 bridgehead atoms. The Balaban J connectivity index is 1.62. The molecule has 3 aromatic rings. The van der Waals surface area contributed by atoms with Crippen molar-refractivity contribution in [3.8, 4) is 0 Å². The fraction of sp³-hybridized carbons (Fsp3) is 0.143. The van der Waals surface area contributed by atoms with Crippen molar-refractivity contribution in [2.24, 2.45) is 7.05 Å². The summed E-state index contributed by atoms with van der Waals surface area (Å²) in [6.07, 6.45) is 1.74. The topological polar surface area (TPSA) is 103 Å². The molecular formula is C14H13N5O2S2. The number of aryl methyl sites for hydroxylation is 1. The van der Waals surface area contributed by atoms with Gasteiger partial charge in [-0.15, -0.1) is 11.3 Å². The van der Waals surface area contributed by atoms with Crippen LogP contribution >= 0.6 is 23.1 Å². The molecule has 9 heteroatoms. The summed E-state index contributed by atoms with van der Waals surface area (Å²) in [5.41, 5.74) is 6.27. The Labute approximate surface area is 139 Å². The zero-order valence-corrected chi connectivity index (χ0v) is 13.8. The van der Waals surface area contributed by atoms with Crippen LogP contribution in [0, 0.1) is 0 Å². The van der Waals surface area contributed by atoms with Crippen molar-refractivity contribution in [2.45, 2.75) is 5.16 Å². The number of thioether (sulfide) groups is 1. The van der Waals surface area contributed by atoms with Crippen molar-refractivity contribution in [2.75, 3.05) is 11.5 Å². The Morgan fingerprint density at radius 2 is 2.22 bits per heavy atom. The summed E-state index contributed by atoms with van der Waals surface area (Å²) in [7, 11) is 1.74. The number of thiophene rings is 1. The molecule has 3 aromatic heterocycles. The highest BCUT2D eigenvalue weighted by atomic mass is 32.2. The number of hydrogen-bond donors (Lipinski definition) is 2. The first-order valence-corrected chi connectivity index (χ1v) is 8.50. The Bertz CT molecular complexity index is 886. The van der Waals surface area contributed by atoms with E-state index in [2.05, 4.69) is 15.3 Å². The zero-order chi connectivity index (χ0) is 16.4. The number of nitrogens with two attached hydrogens (primary N) is 1. The number of nitrogens with zero attached hydrogens (tertiary/aromatic N) is 3. The third kappa shape index (κ3) is 3.35. The van der Waals surface area contributed by atoms with Crippen LogP contribution < -0.4 is 11.1 Å². The smallest absolute Gasteiger partial charge is 0.274 e. The minimum Gasteiger partial charge on any atom is -0.383 e. The van der Waals surface area contributed by atoms with Crippen LogP contribution in [-0.2, 0) is 11.8 Å². The Hall–Kier alpha value is -2.39. The molecular weight excluding hydrogens is 334 g/mol. The van der Waals surface area contributed by atoms with E-state index in [4.69, 9.17) is 5.73 Å². The van der Waals surface area contributed by atoms with Gasteiger partial charge in [-0.1, -0.05) is 11.8 Å². The van der Waals surface area contributed by atoms with E-state index in [1.54, 1.807) is 29.9 Å². The molecule has 23 heavy (non-hydrogen) atoms. The SMILES string of the molecule is Cn1cccc1C(=O)NC(=O)CSc1nc(N)c2ccsc2n1. The lowest BCUT2D eigenvalue weighted by molar-refractivity contribution is -0.117. The molecule has 0 aliphatic carbocycles. The van der Waals surface area contributed by atoms with Gasteiger partial charge in [-0.05, 0) is 23.6 Å². The summed E-state index contributed by atoms with van der Waals surface area (Å²) in [6.45, 7) is 0. The summed E-state index contributed by atoms with van der Waals surface area (Å²) in [6, 6.07) is 5.24. The van der Waals surface area contributed by atoms with Crippen LogP contribution in [0.4, 0.5) is 5.82 Å². The monoisotopic (exact) mass is 347 g/mol. The number of fused-ring (bicyclic) bond motifs is 1. The number of nitrogens with one attached hydrogen (secondary N) is 1. The average Bonchev–Trinajstić information content (AvgIpc) is 3.13. The number of imide groups is 1. The van der Waals surface area contributed by atoms with Crippen molar-refractivity contribution in [1.29, 1.82) is 0 Å². The third-order valence-electron chi connectivity index (χ3n) is 3.10. The van der Waals surface area contributed by atoms with Crippen molar-refractivity contribution in [3.05, 3.63) is 35.5 Å². The maximum atomic E-state index is 11.9. The van der Waals surface area contributed by atoms with Gasteiger partial charge in [-0.3, -0.25) is 14.9 Å². The quantitative estimate of drug-likeness (QED) is 0.550. The van der Waals surface area contributed by atoms with Crippen molar-refractivity contribution in [3.63, 3.8) is 0 Å². The van der Waals surface area contributed by atoms with Gasteiger partial charge in [0.1, 0.15) is 16.3 Å². The summed E-state index contributed by atoms with van der Waals surface area (Å²) < 4.78 is 1.64. The first-order valence-electron chi connectivity index (χ1n) is 6.63. The summed E-state index contributed by atoms with van der Waals surface area (Å²) >= 11 is 2.60. The number of hydrogen-bond acceptors (Lipinski definition) is 7. The van der Waals surface area contributed by atoms with Gasteiger partial charge < -0.3 is 10.3 Å². The second-order valence-corrected chi connectivity index (χ2v) is 6.54. The number of nitrogen functional groups attached to an aromatic ring is 1. The van der Waals surface area contributed by atoms with Gasteiger partial charge in [0, 0.05) is 13.2 Å². The molecule has 0 fully saturated rings. The van der Waals surface area contributed by atoms with Gasteiger partial charge in [0.05, 0.1) is 11.1 Å². The standard InChI is InChI=1S/C14H13N5O2S2/c1-19-5-2-3-9(19)12(21)16-10(20)7-23-14-17-11(15)8-4-6-22-13(8)18-14/h2-6H,7H2,1H3,(H2,15,17,18)(H,16,20,21). The molecule has 0 aliphatic heterocycles. The zero-order valence-electron chi connectivity index (χ0n) is 12.1. The van der Waals surface area contributed by atoms with Crippen LogP contribution in [0.2, 0.25) is 0 Å². The number of aromatic nitrogens is 3. The Morgan fingerprint density at radius 3 is 2.96 bits per heavy atom. The van der Waals surface area contributed by atoms with E-state index in [1.165, 1.54) is 11.3 Å². The van der Waals surface area contributed by atoms with Crippen LogP contribution in [-0.4, -0.2) is 32.1 Å². The third-order valence-corrected chi connectivity index (χ3v) is 4.75. The number of carbonyl (C=O) groups is 2. The lowest BCUT2D eigenvalue weighted by atomic mass is 10.4. The van der Waals surface area contributed by atoms with Crippen LogP contribution in [0.25, 0.3) is 10.2 Å². The highest BCUT2D eigenvalue weighted by Gasteiger charge is 2.14. The molecule has 3 heterocycles. The second-order valence-electron chi connectivity index (χ2n) is 4.70. The second kappa shape index (κ2) is 6.39. The fourth-order valence-electron chi connectivity index (χ4n) is 1.98. The lowest BCUT2D eigenvalue weighted by Gasteiger charge is -2.05. The Morgan fingerprint density at radius 1 is 1.39 bits per heavy atom.